The highest BCUT2D eigenvalue weighted by Crippen LogP contribution is 2.31. The fraction of sp³-hybridized carbons (Fsp3) is 0.400. The van der Waals surface area contributed by atoms with Gasteiger partial charge in [-0.05, 0) is 37.9 Å². The van der Waals surface area contributed by atoms with Crippen molar-refractivity contribution in [1.82, 2.24) is 29.4 Å². The van der Waals surface area contributed by atoms with Gasteiger partial charge in [0.15, 0.2) is 5.82 Å². The highest BCUT2D eigenvalue weighted by molar-refractivity contribution is 5.57. The van der Waals surface area contributed by atoms with E-state index in [1.807, 2.05) is 38.6 Å². The van der Waals surface area contributed by atoms with Gasteiger partial charge in [0.2, 0.25) is 0 Å². The van der Waals surface area contributed by atoms with Crippen LogP contribution in [-0.2, 0) is 13.6 Å². The van der Waals surface area contributed by atoms with Crippen LogP contribution >= 0.6 is 0 Å². The molecule has 0 amide bonds. The summed E-state index contributed by atoms with van der Waals surface area (Å²) in [6.07, 6.45) is 11.4. The smallest absolute Gasteiger partial charge is 0.153 e. The third kappa shape index (κ3) is 3.98. The second kappa shape index (κ2) is 7.84. The van der Waals surface area contributed by atoms with Crippen LogP contribution in [0, 0.1) is 6.92 Å². The van der Waals surface area contributed by atoms with E-state index in [1.54, 1.807) is 18.6 Å². The molecule has 1 atom stereocenters. The van der Waals surface area contributed by atoms with Crippen LogP contribution in [-0.4, -0.2) is 42.5 Å². The molecule has 7 heteroatoms. The Bertz CT molecular complexity index is 905. The van der Waals surface area contributed by atoms with Crippen molar-refractivity contribution in [2.45, 2.75) is 32.2 Å². The SMILES string of the molecule is Cc1cccnc1Nc1nccnc1[C@H]1CCCN(Cc2cncn2C)C1. The summed E-state index contributed by atoms with van der Waals surface area (Å²) in [5, 5.41) is 3.39. The van der Waals surface area contributed by atoms with Crippen molar-refractivity contribution in [1.29, 1.82) is 0 Å². The molecule has 1 aliphatic rings. The van der Waals surface area contributed by atoms with Gasteiger partial charge in [0.25, 0.3) is 0 Å². The number of hydrogen-bond donors (Lipinski definition) is 1. The van der Waals surface area contributed by atoms with E-state index in [4.69, 9.17) is 0 Å². The molecule has 1 aliphatic heterocycles. The maximum absolute atomic E-state index is 4.68. The highest BCUT2D eigenvalue weighted by atomic mass is 15.2. The molecule has 4 heterocycles. The molecular formula is C20H25N7. The minimum absolute atomic E-state index is 0.354. The number of anilines is 2. The molecule has 3 aromatic heterocycles. The maximum atomic E-state index is 4.68. The molecule has 0 aliphatic carbocycles. The normalized spacial score (nSPS) is 17.8. The third-order valence-electron chi connectivity index (χ3n) is 5.17. The van der Waals surface area contributed by atoms with E-state index in [-0.39, 0.29) is 0 Å². The Balaban J connectivity index is 1.52. The first-order chi connectivity index (χ1) is 13.2. The van der Waals surface area contributed by atoms with Crippen molar-refractivity contribution in [3.63, 3.8) is 0 Å². The van der Waals surface area contributed by atoms with Crippen LogP contribution in [0.4, 0.5) is 11.6 Å². The summed E-state index contributed by atoms with van der Waals surface area (Å²) in [7, 11) is 2.05. The molecule has 1 fully saturated rings. The highest BCUT2D eigenvalue weighted by Gasteiger charge is 2.25. The quantitative estimate of drug-likeness (QED) is 0.751. The lowest BCUT2D eigenvalue weighted by Crippen LogP contribution is -2.35. The molecule has 140 valence electrons. The first kappa shape index (κ1) is 17.6. The minimum Gasteiger partial charge on any atom is -0.337 e. The van der Waals surface area contributed by atoms with Crippen LogP contribution in [0.25, 0.3) is 0 Å². The maximum Gasteiger partial charge on any atom is 0.153 e. The number of nitrogens with one attached hydrogen (secondary N) is 1. The number of pyridine rings is 1. The van der Waals surface area contributed by atoms with E-state index in [9.17, 15) is 0 Å². The molecule has 3 aromatic rings. The minimum atomic E-state index is 0.354. The topological polar surface area (TPSA) is 71.8 Å². The fourth-order valence-corrected chi connectivity index (χ4v) is 3.66. The molecule has 0 saturated carbocycles. The molecule has 1 N–H and O–H groups in total. The van der Waals surface area contributed by atoms with Gasteiger partial charge in [-0.2, -0.15) is 0 Å². The number of rotatable bonds is 5. The number of aromatic nitrogens is 5. The van der Waals surface area contributed by atoms with Crippen molar-refractivity contribution in [2.24, 2.45) is 7.05 Å². The fourth-order valence-electron chi connectivity index (χ4n) is 3.66. The van der Waals surface area contributed by atoms with Gasteiger partial charge >= 0.3 is 0 Å². The van der Waals surface area contributed by atoms with Crippen LogP contribution in [0.2, 0.25) is 0 Å². The molecule has 0 radical (unpaired) electrons. The molecule has 0 unspecified atom stereocenters. The zero-order valence-corrected chi connectivity index (χ0v) is 15.8. The number of likely N-dealkylation sites (tertiary alicyclic amines) is 1. The lowest BCUT2D eigenvalue weighted by molar-refractivity contribution is 0.195. The van der Waals surface area contributed by atoms with Crippen molar-refractivity contribution >= 4 is 11.6 Å². The molecule has 27 heavy (non-hydrogen) atoms. The van der Waals surface area contributed by atoms with E-state index < -0.39 is 0 Å². The van der Waals surface area contributed by atoms with Crippen LogP contribution < -0.4 is 5.32 Å². The number of imidazole rings is 1. The number of aryl methyl sites for hydroxylation is 2. The Hall–Kier alpha value is -2.80. The van der Waals surface area contributed by atoms with Gasteiger partial charge in [-0.15, -0.1) is 0 Å². The second-order valence-corrected chi connectivity index (χ2v) is 7.15. The van der Waals surface area contributed by atoms with Gasteiger partial charge in [0, 0.05) is 50.8 Å². The van der Waals surface area contributed by atoms with E-state index >= 15 is 0 Å². The largest absolute Gasteiger partial charge is 0.337 e. The van der Waals surface area contributed by atoms with Crippen molar-refractivity contribution < 1.29 is 0 Å². The molecule has 4 rings (SSSR count). The Morgan fingerprint density at radius 1 is 1.15 bits per heavy atom. The predicted molar refractivity (Wildman–Crippen MR) is 105 cm³/mol. The van der Waals surface area contributed by atoms with Gasteiger partial charge in [0.1, 0.15) is 5.82 Å². The Labute approximate surface area is 159 Å². The monoisotopic (exact) mass is 363 g/mol. The number of piperidine rings is 1. The van der Waals surface area contributed by atoms with Crippen LogP contribution in [0.3, 0.4) is 0 Å². The lowest BCUT2D eigenvalue weighted by atomic mass is 9.94. The zero-order valence-electron chi connectivity index (χ0n) is 15.8. The Kier molecular flexibility index (Phi) is 5.11. The second-order valence-electron chi connectivity index (χ2n) is 7.15. The molecule has 7 nitrogen and oxygen atoms in total. The summed E-state index contributed by atoms with van der Waals surface area (Å²) in [6, 6.07) is 3.98. The van der Waals surface area contributed by atoms with E-state index in [2.05, 4.69) is 34.7 Å². The molecule has 1 saturated heterocycles. The molecular weight excluding hydrogens is 338 g/mol. The average Bonchev–Trinajstić information content (AvgIpc) is 3.09. The van der Waals surface area contributed by atoms with Crippen LogP contribution in [0.1, 0.15) is 35.7 Å². The van der Waals surface area contributed by atoms with Crippen molar-refractivity contribution in [2.75, 3.05) is 18.4 Å². The third-order valence-corrected chi connectivity index (χ3v) is 5.17. The van der Waals surface area contributed by atoms with E-state index in [1.165, 1.54) is 5.69 Å². The van der Waals surface area contributed by atoms with Crippen molar-refractivity contribution in [3.8, 4) is 0 Å². The number of nitrogens with zero attached hydrogens (tertiary/aromatic N) is 6. The Morgan fingerprint density at radius 2 is 2.00 bits per heavy atom. The molecule has 0 spiro atoms. The lowest BCUT2D eigenvalue weighted by Gasteiger charge is -2.32. The number of hydrogen-bond acceptors (Lipinski definition) is 6. The summed E-state index contributed by atoms with van der Waals surface area (Å²) < 4.78 is 2.09. The summed E-state index contributed by atoms with van der Waals surface area (Å²) in [5.74, 6) is 2.00. The van der Waals surface area contributed by atoms with Crippen LogP contribution in [0.15, 0.2) is 43.2 Å². The summed E-state index contributed by atoms with van der Waals surface area (Å²) in [4.78, 5) is 20.4. The first-order valence-electron chi connectivity index (χ1n) is 9.38. The molecule has 0 bridgehead atoms. The predicted octanol–water partition coefficient (Wildman–Crippen LogP) is 3.04. The Morgan fingerprint density at radius 3 is 2.81 bits per heavy atom. The molecule has 0 aromatic carbocycles. The first-order valence-corrected chi connectivity index (χ1v) is 9.38. The zero-order chi connectivity index (χ0) is 18.6. The summed E-state index contributed by atoms with van der Waals surface area (Å²) in [5.41, 5.74) is 3.35. The van der Waals surface area contributed by atoms with Crippen molar-refractivity contribution in [3.05, 3.63) is 60.2 Å². The standard InChI is InChI=1S/C20H25N7/c1-15-5-3-7-23-19(15)25-20-18(22-8-9-24-20)16-6-4-10-27(12-16)13-17-11-21-14-26(17)2/h3,5,7-9,11,14,16H,4,6,10,12-13H2,1-2H3,(H,23,24,25)/t16-/m0/s1. The van der Waals surface area contributed by atoms with Crippen LogP contribution in [0.5, 0.6) is 0 Å². The van der Waals surface area contributed by atoms with Gasteiger partial charge in [-0.1, -0.05) is 6.07 Å². The summed E-state index contributed by atoms with van der Waals surface area (Å²) >= 11 is 0. The summed E-state index contributed by atoms with van der Waals surface area (Å²) in [6.45, 7) is 5.03. The van der Waals surface area contributed by atoms with Gasteiger partial charge in [0.05, 0.1) is 17.7 Å². The van der Waals surface area contributed by atoms with E-state index in [0.29, 0.717) is 5.92 Å². The van der Waals surface area contributed by atoms with Gasteiger partial charge in [-0.3, -0.25) is 9.88 Å². The van der Waals surface area contributed by atoms with Gasteiger partial charge < -0.3 is 9.88 Å². The average molecular weight is 363 g/mol. The van der Waals surface area contributed by atoms with E-state index in [0.717, 1.165) is 55.4 Å². The van der Waals surface area contributed by atoms with Gasteiger partial charge in [-0.25, -0.2) is 15.0 Å².